The SMILES string of the molecule is O=C(NNC(=O)[C@@H]1C[C@@H]1c1ccccc1)Nc1cccc(Cl)c1. The summed E-state index contributed by atoms with van der Waals surface area (Å²) in [5.74, 6) is -0.0436. The zero-order chi connectivity index (χ0) is 16.2. The van der Waals surface area contributed by atoms with Gasteiger partial charge in [0.1, 0.15) is 0 Å². The fraction of sp³-hybridized carbons (Fsp3) is 0.176. The van der Waals surface area contributed by atoms with E-state index in [1.807, 2.05) is 30.3 Å². The van der Waals surface area contributed by atoms with Gasteiger partial charge in [0.15, 0.2) is 0 Å². The molecular weight excluding hydrogens is 314 g/mol. The molecule has 0 unspecified atom stereocenters. The Balaban J connectivity index is 1.46. The van der Waals surface area contributed by atoms with Crippen molar-refractivity contribution in [1.82, 2.24) is 10.9 Å². The van der Waals surface area contributed by atoms with Crippen LogP contribution in [0.2, 0.25) is 5.02 Å². The number of carbonyl (C=O) groups is 2. The third-order valence-electron chi connectivity index (χ3n) is 3.74. The van der Waals surface area contributed by atoms with E-state index < -0.39 is 6.03 Å². The number of benzene rings is 2. The van der Waals surface area contributed by atoms with Gasteiger partial charge in [-0.05, 0) is 36.1 Å². The van der Waals surface area contributed by atoms with E-state index in [1.54, 1.807) is 24.3 Å². The highest BCUT2D eigenvalue weighted by molar-refractivity contribution is 6.30. The summed E-state index contributed by atoms with van der Waals surface area (Å²) in [7, 11) is 0. The molecule has 118 valence electrons. The van der Waals surface area contributed by atoms with Gasteiger partial charge in [0.25, 0.3) is 0 Å². The molecule has 3 amide bonds. The van der Waals surface area contributed by atoms with Crippen molar-refractivity contribution in [1.29, 1.82) is 0 Å². The molecule has 6 heteroatoms. The van der Waals surface area contributed by atoms with E-state index in [0.29, 0.717) is 10.7 Å². The van der Waals surface area contributed by atoms with Crippen molar-refractivity contribution in [3.63, 3.8) is 0 Å². The minimum atomic E-state index is -0.516. The number of hydrogen-bond acceptors (Lipinski definition) is 2. The Morgan fingerprint density at radius 2 is 1.78 bits per heavy atom. The van der Waals surface area contributed by atoms with Crippen molar-refractivity contribution < 1.29 is 9.59 Å². The van der Waals surface area contributed by atoms with Crippen LogP contribution < -0.4 is 16.2 Å². The first-order valence-corrected chi connectivity index (χ1v) is 7.68. The number of amides is 3. The number of hydrazine groups is 1. The summed E-state index contributed by atoms with van der Waals surface area (Å²) in [5, 5.41) is 3.11. The molecule has 2 atom stereocenters. The van der Waals surface area contributed by atoms with Crippen LogP contribution in [-0.4, -0.2) is 11.9 Å². The second kappa shape index (κ2) is 6.71. The van der Waals surface area contributed by atoms with Gasteiger partial charge in [-0.3, -0.25) is 10.2 Å². The Morgan fingerprint density at radius 1 is 1.00 bits per heavy atom. The van der Waals surface area contributed by atoms with E-state index in [0.717, 1.165) is 12.0 Å². The van der Waals surface area contributed by atoms with Crippen LogP contribution in [0.4, 0.5) is 10.5 Å². The molecule has 1 aliphatic carbocycles. The lowest BCUT2D eigenvalue weighted by molar-refractivity contribution is -0.123. The van der Waals surface area contributed by atoms with Crippen LogP contribution in [0.15, 0.2) is 54.6 Å². The lowest BCUT2D eigenvalue weighted by Gasteiger charge is -2.09. The van der Waals surface area contributed by atoms with Crippen LogP contribution in [0.25, 0.3) is 0 Å². The lowest BCUT2D eigenvalue weighted by atomic mass is 10.1. The van der Waals surface area contributed by atoms with Crippen molar-refractivity contribution in [3.8, 4) is 0 Å². The van der Waals surface area contributed by atoms with Crippen molar-refractivity contribution in [3.05, 3.63) is 65.2 Å². The van der Waals surface area contributed by atoms with Crippen LogP contribution in [-0.2, 0) is 4.79 Å². The topological polar surface area (TPSA) is 70.2 Å². The first-order chi connectivity index (χ1) is 11.1. The summed E-state index contributed by atoms with van der Waals surface area (Å²) in [6.07, 6.45) is 0.799. The molecule has 0 saturated heterocycles. The van der Waals surface area contributed by atoms with E-state index in [4.69, 9.17) is 11.6 Å². The van der Waals surface area contributed by atoms with Crippen molar-refractivity contribution in [2.75, 3.05) is 5.32 Å². The van der Waals surface area contributed by atoms with Gasteiger partial charge in [-0.1, -0.05) is 48.0 Å². The first-order valence-electron chi connectivity index (χ1n) is 7.31. The van der Waals surface area contributed by atoms with Crippen LogP contribution in [0.3, 0.4) is 0 Å². The lowest BCUT2D eigenvalue weighted by Crippen LogP contribution is -2.44. The molecule has 1 fully saturated rings. The van der Waals surface area contributed by atoms with Gasteiger partial charge in [0.2, 0.25) is 5.91 Å². The smallest absolute Gasteiger partial charge is 0.307 e. The molecule has 0 bridgehead atoms. The minimum absolute atomic E-state index is 0.0936. The quantitative estimate of drug-likeness (QED) is 0.756. The molecule has 5 nitrogen and oxygen atoms in total. The van der Waals surface area contributed by atoms with E-state index >= 15 is 0 Å². The maximum absolute atomic E-state index is 12.0. The zero-order valence-electron chi connectivity index (χ0n) is 12.3. The monoisotopic (exact) mass is 329 g/mol. The number of carbonyl (C=O) groups excluding carboxylic acids is 2. The molecule has 0 heterocycles. The molecule has 1 saturated carbocycles. The Morgan fingerprint density at radius 3 is 2.52 bits per heavy atom. The number of nitrogens with one attached hydrogen (secondary N) is 3. The van der Waals surface area contributed by atoms with E-state index in [2.05, 4.69) is 16.2 Å². The van der Waals surface area contributed by atoms with Crippen LogP contribution >= 0.6 is 11.6 Å². The van der Waals surface area contributed by atoms with Crippen molar-refractivity contribution in [2.24, 2.45) is 5.92 Å². The Kier molecular flexibility index (Phi) is 4.48. The van der Waals surface area contributed by atoms with Crippen molar-refractivity contribution >= 4 is 29.2 Å². The average molecular weight is 330 g/mol. The van der Waals surface area contributed by atoms with Gasteiger partial charge in [-0.15, -0.1) is 0 Å². The fourth-order valence-electron chi connectivity index (χ4n) is 2.49. The van der Waals surface area contributed by atoms with Gasteiger partial charge in [-0.25, -0.2) is 10.2 Å². The highest BCUT2D eigenvalue weighted by Gasteiger charge is 2.43. The molecule has 2 aromatic rings. The summed E-state index contributed by atoms with van der Waals surface area (Å²) in [6, 6.07) is 16.1. The Bertz CT molecular complexity index is 721. The van der Waals surface area contributed by atoms with Gasteiger partial charge in [0.05, 0.1) is 0 Å². The summed E-state index contributed by atoms with van der Waals surface area (Å²) in [5.41, 5.74) is 6.50. The van der Waals surface area contributed by atoms with Crippen LogP contribution in [0.1, 0.15) is 17.9 Å². The molecule has 0 aromatic heterocycles. The molecule has 0 spiro atoms. The average Bonchev–Trinajstić information content (AvgIpc) is 3.34. The fourth-order valence-corrected chi connectivity index (χ4v) is 2.68. The zero-order valence-corrected chi connectivity index (χ0v) is 13.0. The summed E-state index contributed by atoms with van der Waals surface area (Å²) < 4.78 is 0. The number of hydrogen-bond donors (Lipinski definition) is 3. The maximum atomic E-state index is 12.0. The number of anilines is 1. The van der Waals surface area contributed by atoms with Gasteiger partial charge >= 0.3 is 6.03 Å². The molecule has 1 aliphatic rings. The van der Waals surface area contributed by atoms with E-state index in [9.17, 15) is 9.59 Å². The third kappa shape index (κ3) is 4.02. The minimum Gasteiger partial charge on any atom is -0.307 e. The number of halogens is 1. The normalized spacial score (nSPS) is 18.8. The number of urea groups is 1. The summed E-state index contributed by atoms with van der Waals surface area (Å²) in [6.45, 7) is 0. The molecule has 3 N–H and O–H groups in total. The van der Waals surface area contributed by atoms with Crippen LogP contribution in [0, 0.1) is 5.92 Å². The van der Waals surface area contributed by atoms with Gasteiger partial charge in [0, 0.05) is 16.6 Å². The van der Waals surface area contributed by atoms with Gasteiger partial charge in [-0.2, -0.15) is 0 Å². The highest BCUT2D eigenvalue weighted by Crippen LogP contribution is 2.47. The molecular formula is C17H16ClN3O2. The Hall–Kier alpha value is -2.53. The standard InChI is InChI=1S/C17H16ClN3O2/c18-12-7-4-8-13(9-12)19-17(23)21-20-16(22)15-10-14(15)11-5-2-1-3-6-11/h1-9,14-15H,10H2,(H,20,22)(H2,19,21,23)/t14-,15-/m1/s1. The largest absolute Gasteiger partial charge is 0.337 e. The van der Waals surface area contributed by atoms with Gasteiger partial charge < -0.3 is 5.32 Å². The molecule has 0 aliphatic heterocycles. The summed E-state index contributed by atoms with van der Waals surface area (Å²) in [4.78, 5) is 23.8. The second-order valence-corrected chi connectivity index (χ2v) is 5.87. The molecule has 3 rings (SSSR count). The van der Waals surface area contributed by atoms with E-state index in [-0.39, 0.29) is 17.7 Å². The van der Waals surface area contributed by atoms with Crippen LogP contribution in [0.5, 0.6) is 0 Å². The highest BCUT2D eigenvalue weighted by atomic mass is 35.5. The maximum Gasteiger partial charge on any atom is 0.337 e. The molecule has 0 radical (unpaired) electrons. The molecule has 2 aromatic carbocycles. The predicted octanol–water partition coefficient (Wildman–Crippen LogP) is 3.30. The van der Waals surface area contributed by atoms with E-state index in [1.165, 1.54) is 0 Å². The number of rotatable bonds is 3. The van der Waals surface area contributed by atoms with Crippen molar-refractivity contribution in [2.45, 2.75) is 12.3 Å². The predicted molar refractivity (Wildman–Crippen MR) is 89.0 cm³/mol. The Labute approximate surface area is 139 Å². The first kappa shape index (κ1) is 15.4. The summed E-state index contributed by atoms with van der Waals surface area (Å²) >= 11 is 5.84. The second-order valence-electron chi connectivity index (χ2n) is 5.44. The molecule has 23 heavy (non-hydrogen) atoms. The third-order valence-corrected chi connectivity index (χ3v) is 3.97.